The molecule has 0 aromatic heterocycles. The first-order valence-corrected chi connectivity index (χ1v) is 11.3. The van der Waals surface area contributed by atoms with Crippen LogP contribution in [0.5, 0.6) is 5.75 Å². The number of nitrogens with one attached hydrogen (secondary N) is 1. The van der Waals surface area contributed by atoms with Crippen LogP contribution in [-0.4, -0.2) is 56.7 Å². The maximum absolute atomic E-state index is 11.9. The Morgan fingerprint density at radius 3 is 2.40 bits per heavy atom. The third-order valence-corrected chi connectivity index (χ3v) is 5.60. The number of hydrogen-bond acceptors (Lipinski definition) is 4. The zero-order valence-corrected chi connectivity index (χ0v) is 18.3. The zero-order valence-electron chi connectivity index (χ0n) is 17.6. The maximum atomic E-state index is 11.9. The van der Waals surface area contributed by atoms with Crippen molar-refractivity contribution in [2.45, 2.75) is 25.7 Å². The molecule has 1 amide bonds. The average molecular weight is 430 g/mol. The van der Waals surface area contributed by atoms with Crippen LogP contribution in [0.25, 0.3) is 0 Å². The zero-order chi connectivity index (χ0) is 21.0. The standard InChI is InChI=1S/C24H32ClN3O2/c25-21-10-12-23(13-11-21)30-20-6-9-24(29)26-14-4-5-15-27-16-18-28(19-17-27)22-7-2-1-3-8-22/h1-3,7-8,10-13H,4-6,9,14-20H2,(H,26,29). The predicted molar refractivity (Wildman–Crippen MR) is 124 cm³/mol. The molecule has 1 heterocycles. The Labute approximate surface area is 185 Å². The quantitative estimate of drug-likeness (QED) is 0.543. The van der Waals surface area contributed by atoms with Crippen molar-refractivity contribution in [3.8, 4) is 5.75 Å². The Kier molecular flexibility index (Phi) is 9.32. The van der Waals surface area contributed by atoms with E-state index in [-0.39, 0.29) is 5.91 Å². The lowest BCUT2D eigenvalue weighted by Gasteiger charge is -2.36. The van der Waals surface area contributed by atoms with Crippen molar-refractivity contribution < 1.29 is 9.53 Å². The minimum Gasteiger partial charge on any atom is -0.494 e. The molecule has 0 radical (unpaired) electrons. The van der Waals surface area contributed by atoms with E-state index in [2.05, 4.69) is 45.4 Å². The molecular weight excluding hydrogens is 398 g/mol. The fraction of sp³-hybridized carbons (Fsp3) is 0.458. The topological polar surface area (TPSA) is 44.8 Å². The normalized spacial score (nSPS) is 14.5. The van der Waals surface area contributed by atoms with Crippen molar-refractivity contribution in [1.82, 2.24) is 10.2 Å². The van der Waals surface area contributed by atoms with Gasteiger partial charge < -0.3 is 15.0 Å². The van der Waals surface area contributed by atoms with E-state index in [1.54, 1.807) is 12.1 Å². The molecule has 0 unspecified atom stereocenters. The molecule has 162 valence electrons. The summed E-state index contributed by atoms with van der Waals surface area (Å²) >= 11 is 5.85. The largest absolute Gasteiger partial charge is 0.494 e. The van der Waals surface area contributed by atoms with Gasteiger partial charge in [0.25, 0.3) is 0 Å². The molecule has 2 aromatic carbocycles. The predicted octanol–water partition coefficient (Wildman–Crippen LogP) is 4.22. The summed E-state index contributed by atoms with van der Waals surface area (Å²) in [5.74, 6) is 0.885. The summed E-state index contributed by atoms with van der Waals surface area (Å²) in [4.78, 5) is 16.9. The summed E-state index contributed by atoms with van der Waals surface area (Å²) in [7, 11) is 0. The number of halogens is 1. The molecule has 1 aliphatic heterocycles. The minimum absolute atomic E-state index is 0.103. The molecule has 0 spiro atoms. The van der Waals surface area contributed by atoms with Gasteiger partial charge in [0.2, 0.25) is 5.91 Å². The van der Waals surface area contributed by atoms with Crippen LogP contribution >= 0.6 is 11.6 Å². The van der Waals surface area contributed by atoms with Gasteiger partial charge in [0.1, 0.15) is 5.75 Å². The van der Waals surface area contributed by atoms with Crippen LogP contribution in [0.15, 0.2) is 54.6 Å². The van der Waals surface area contributed by atoms with Gasteiger partial charge in [-0.25, -0.2) is 0 Å². The molecule has 1 aliphatic rings. The fourth-order valence-corrected chi connectivity index (χ4v) is 3.72. The number of carbonyl (C=O) groups is 1. The van der Waals surface area contributed by atoms with E-state index < -0.39 is 0 Å². The van der Waals surface area contributed by atoms with Gasteiger partial charge in [-0.2, -0.15) is 0 Å². The smallest absolute Gasteiger partial charge is 0.220 e. The van der Waals surface area contributed by atoms with Crippen LogP contribution in [0.3, 0.4) is 0 Å². The monoisotopic (exact) mass is 429 g/mol. The highest BCUT2D eigenvalue weighted by molar-refractivity contribution is 6.30. The van der Waals surface area contributed by atoms with Crippen LogP contribution < -0.4 is 15.0 Å². The van der Waals surface area contributed by atoms with Crippen molar-refractivity contribution in [2.75, 3.05) is 50.8 Å². The Bertz CT molecular complexity index is 747. The Morgan fingerprint density at radius 2 is 1.67 bits per heavy atom. The van der Waals surface area contributed by atoms with Crippen molar-refractivity contribution in [3.63, 3.8) is 0 Å². The van der Waals surface area contributed by atoms with Gasteiger partial charge in [0.15, 0.2) is 0 Å². The van der Waals surface area contributed by atoms with Crippen LogP contribution in [0.1, 0.15) is 25.7 Å². The first kappa shape index (κ1) is 22.4. The minimum atomic E-state index is 0.103. The lowest BCUT2D eigenvalue weighted by Crippen LogP contribution is -2.46. The molecule has 0 aliphatic carbocycles. The summed E-state index contributed by atoms with van der Waals surface area (Å²) < 4.78 is 5.61. The number of carbonyl (C=O) groups excluding carboxylic acids is 1. The Morgan fingerprint density at radius 1 is 0.933 bits per heavy atom. The van der Waals surface area contributed by atoms with E-state index >= 15 is 0 Å². The van der Waals surface area contributed by atoms with Gasteiger partial charge in [0.05, 0.1) is 6.61 Å². The molecule has 1 saturated heterocycles. The Balaban J connectivity index is 1.17. The summed E-state index contributed by atoms with van der Waals surface area (Å²) in [6.45, 7) is 6.76. The summed E-state index contributed by atoms with van der Waals surface area (Å²) in [5.41, 5.74) is 1.32. The molecular formula is C24H32ClN3O2. The lowest BCUT2D eigenvalue weighted by atomic mass is 10.2. The van der Waals surface area contributed by atoms with E-state index in [1.165, 1.54) is 5.69 Å². The first-order chi connectivity index (χ1) is 14.7. The average Bonchev–Trinajstić information content (AvgIpc) is 2.79. The highest BCUT2D eigenvalue weighted by atomic mass is 35.5. The molecule has 1 N–H and O–H groups in total. The molecule has 0 bridgehead atoms. The second-order valence-corrected chi connectivity index (χ2v) is 8.06. The van der Waals surface area contributed by atoms with Gasteiger partial charge in [0, 0.05) is 49.9 Å². The molecule has 3 rings (SSSR count). The number of unbranched alkanes of at least 4 members (excludes halogenated alkanes) is 1. The van der Waals surface area contributed by atoms with Gasteiger partial charge in [-0.1, -0.05) is 29.8 Å². The van der Waals surface area contributed by atoms with E-state index in [0.717, 1.165) is 57.9 Å². The molecule has 0 atom stereocenters. The highest BCUT2D eigenvalue weighted by Gasteiger charge is 2.16. The third kappa shape index (κ3) is 7.88. The van der Waals surface area contributed by atoms with E-state index in [0.29, 0.717) is 24.5 Å². The number of rotatable bonds is 11. The number of amides is 1. The molecule has 1 fully saturated rings. The molecule has 30 heavy (non-hydrogen) atoms. The Hall–Kier alpha value is -2.24. The second-order valence-electron chi connectivity index (χ2n) is 7.63. The van der Waals surface area contributed by atoms with E-state index in [1.807, 2.05) is 12.1 Å². The van der Waals surface area contributed by atoms with Crippen LogP contribution in [0.4, 0.5) is 5.69 Å². The number of benzene rings is 2. The number of para-hydroxylation sites is 1. The fourth-order valence-electron chi connectivity index (χ4n) is 3.60. The van der Waals surface area contributed by atoms with Crippen molar-refractivity contribution in [1.29, 1.82) is 0 Å². The number of anilines is 1. The van der Waals surface area contributed by atoms with E-state index in [9.17, 15) is 4.79 Å². The number of nitrogens with zero attached hydrogens (tertiary/aromatic N) is 2. The number of ether oxygens (including phenoxy) is 1. The number of hydrogen-bond donors (Lipinski definition) is 1. The van der Waals surface area contributed by atoms with Crippen LogP contribution in [-0.2, 0) is 4.79 Å². The van der Waals surface area contributed by atoms with Crippen LogP contribution in [0, 0.1) is 0 Å². The van der Waals surface area contributed by atoms with Crippen molar-refractivity contribution >= 4 is 23.2 Å². The van der Waals surface area contributed by atoms with Gasteiger partial charge in [-0.3, -0.25) is 9.69 Å². The number of piperazine rings is 1. The van der Waals surface area contributed by atoms with Crippen LogP contribution in [0.2, 0.25) is 5.02 Å². The first-order valence-electron chi connectivity index (χ1n) is 10.9. The van der Waals surface area contributed by atoms with Crippen molar-refractivity contribution in [3.05, 3.63) is 59.6 Å². The van der Waals surface area contributed by atoms with Crippen molar-refractivity contribution in [2.24, 2.45) is 0 Å². The summed E-state index contributed by atoms with van der Waals surface area (Å²) in [6.07, 6.45) is 3.34. The maximum Gasteiger partial charge on any atom is 0.220 e. The highest BCUT2D eigenvalue weighted by Crippen LogP contribution is 2.16. The van der Waals surface area contributed by atoms with Gasteiger partial charge in [-0.15, -0.1) is 0 Å². The molecule has 5 nitrogen and oxygen atoms in total. The lowest BCUT2D eigenvalue weighted by molar-refractivity contribution is -0.121. The van der Waals surface area contributed by atoms with Gasteiger partial charge >= 0.3 is 0 Å². The van der Waals surface area contributed by atoms with Gasteiger partial charge in [-0.05, 0) is 62.2 Å². The SMILES string of the molecule is O=C(CCCOc1ccc(Cl)cc1)NCCCCN1CCN(c2ccccc2)CC1. The third-order valence-electron chi connectivity index (χ3n) is 5.35. The molecule has 6 heteroatoms. The summed E-state index contributed by atoms with van der Waals surface area (Å²) in [5, 5.41) is 3.71. The summed E-state index contributed by atoms with van der Waals surface area (Å²) in [6, 6.07) is 17.9. The second kappa shape index (κ2) is 12.5. The van der Waals surface area contributed by atoms with E-state index in [4.69, 9.17) is 16.3 Å². The molecule has 0 saturated carbocycles. The molecule has 2 aromatic rings.